The van der Waals surface area contributed by atoms with E-state index in [4.69, 9.17) is 22.6 Å². The first-order chi connectivity index (χ1) is 9.37. The van der Waals surface area contributed by atoms with Gasteiger partial charge in [-0.05, 0) is 37.0 Å². The van der Waals surface area contributed by atoms with Crippen molar-refractivity contribution in [1.82, 2.24) is 4.31 Å². The van der Waals surface area contributed by atoms with Crippen LogP contribution in [0.3, 0.4) is 0 Å². The van der Waals surface area contributed by atoms with E-state index in [1.165, 1.54) is 22.5 Å². The van der Waals surface area contributed by atoms with Crippen molar-refractivity contribution in [2.45, 2.75) is 30.8 Å². The predicted octanol–water partition coefficient (Wildman–Crippen LogP) is 1.92. The third-order valence-electron chi connectivity index (χ3n) is 3.60. The van der Waals surface area contributed by atoms with E-state index in [-0.39, 0.29) is 15.8 Å². The Morgan fingerprint density at radius 3 is 2.80 bits per heavy atom. The van der Waals surface area contributed by atoms with Gasteiger partial charge in [-0.3, -0.25) is 0 Å². The minimum Gasteiger partial charge on any atom is -0.315 e. The third kappa shape index (κ3) is 2.67. The number of halogens is 1. The summed E-state index contributed by atoms with van der Waals surface area (Å²) < 4.78 is 26.6. The van der Waals surface area contributed by atoms with E-state index >= 15 is 0 Å². The Hall–Kier alpha value is -1.13. The molecule has 5 nitrogen and oxygen atoms in total. The Labute approximate surface area is 124 Å². The van der Waals surface area contributed by atoms with Crippen LogP contribution >= 0.6 is 11.6 Å². The number of nitrogens with two attached hydrogens (primary N) is 1. The fourth-order valence-corrected chi connectivity index (χ4v) is 4.53. The van der Waals surface area contributed by atoms with Gasteiger partial charge in [-0.1, -0.05) is 18.5 Å². The second-order valence-electron chi connectivity index (χ2n) is 4.98. The zero-order valence-corrected chi connectivity index (χ0v) is 12.7. The second kappa shape index (κ2) is 5.70. The molecule has 20 heavy (non-hydrogen) atoms. The summed E-state index contributed by atoms with van der Waals surface area (Å²) in [5.41, 5.74) is 6.33. The molecule has 1 aliphatic heterocycles. The Kier molecular flexibility index (Phi) is 4.35. The van der Waals surface area contributed by atoms with E-state index < -0.39 is 16.2 Å². The van der Waals surface area contributed by atoms with Gasteiger partial charge < -0.3 is 5.73 Å². The van der Waals surface area contributed by atoms with Gasteiger partial charge >= 0.3 is 0 Å². The zero-order valence-electron chi connectivity index (χ0n) is 11.1. The Morgan fingerprint density at radius 2 is 2.20 bits per heavy atom. The highest BCUT2D eigenvalue weighted by Crippen LogP contribution is 2.30. The maximum atomic E-state index is 12.6. The van der Waals surface area contributed by atoms with Gasteiger partial charge in [0.15, 0.2) is 0 Å². The van der Waals surface area contributed by atoms with Crippen LogP contribution in [0.5, 0.6) is 0 Å². The van der Waals surface area contributed by atoms with Crippen molar-refractivity contribution in [3.63, 3.8) is 0 Å². The maximum Gasteiger partial charge on any atom is 0.245 e. The van der Waals surface area contributed by atoms with Crippen LogP contribution in [0, 0.1) is 17.2 Å². The van der Waals surface area contributed by atoms with Crippen molar-refractivity contribution in [2.75, 3.05) is 6.54 Å². The fourth-order valence-electron chi connectivity index (χ4n) is 2.36. The van der Waals surface area contributed by atoms with E-state index in [0.717, 1.165) is 12.8 Å². The Bertz CT molecular complexity index is 654. The number of nitrogens with zero attached hydrogens (tertiary/aromatic N) is 2. The van der Waals surface area contributed by atoms with Gasteiger partial charge in [-0.2, -0.15) is 9.57 Å². The summed E-state index contributed by atoms with van der Waals surface area (Å²) in [6.45, 7) is 2.33. The minimum atomic E-state index is -3.73. The Balaban J connectivity index is 2.43. The summed E-state index contributed by atoms with van der Waals surface area (Å²) >= 11 is 6.00. The number of nitriles is 1. The largest absolute Gasteiger partial charge is 0.315 e. The van der Waals surface area contributed by atoms with Gasteiger partial charge in [0.1, 0.15) is 4.90 Å². The molecule has 0 aromatic heterocycles. The first kappa shape index (κ1) is 15.3. The van der Waals surface area contributed by atoms with E-state index in [1.807, 2.05) is 13.0 Å². The molecule has 2 atom stereocenters. The van der Waals surface area contributed by atoms with Gasteiger partial charge in [0.25, 0.3) is 0 Å². The number of benzene rings is 1. The van der Waals surface area contributed by atoms with E-state index in [1.54, 1.807) is 0 Å². The predicted molar refractivity (Wildman–Crippen MR) is 76.4 cm³/mol. The van der Waals surface area contributed by atoms with Gasteiger partial charge in [-0.25, -0.2) is 8.42 Å². The molecule has 0 radical (unpaired) electrons. The Morgan fingerprint density at radius 1 is 1.50 bits per heavy atom. The number of piperidine rings is 1. The highest BCUT2D eigenvalue weighted by molar-refractivity contribution is 7.89. The third-order valence-corrected chi connectivity index (χ3v) is 5.98. The molecular weight excluding hydrogens is 298 g/mol. The van der Waals surface area contributed by atoms with Gasteiger partial charge in [0.05, 0.1) is 22.8 Å². The van der Waals surface area contributed by atoms with Crippen LogP contribution in [0.15, 0.2) is 23.1 Å². The molecule has 7 heteroatoms. The van der Waals surface area contributed by atoms with E-state index in [0.29, 0.717) is 12.1 Å². The number of hydrogen-bond donors (Lipinski definition) is 1. The highest BCUT2D eigenvalue weighted by atomic mass is 35.5. The molecule has 0 saturated carbocycles. The SMILES string of the molecule is CC1CCCN(S(=O)(=O)c2ccc(C#N)cc2Cl)C1N. The average Bonchev–Trinajstić information content (AvgIpc) is 2.41. The normalized spacial score (nSPS) is 24.3. The first-order valence-corrected chi connectivity index (χ1v) is 8.17. The lowest BCUT2D eigenvalue weighted by Crippen LogP contribution is -2.52. The number of rotatable bonds is 2. The standard InChI is InChI=1S/C13H16ClN3O2S/c1-9-3-2-6-17(13(9)16)20(18,19)12-5-4-10(8-15)7-11(12)14/h4-5,7,9,13H,2-3,6,16H2,1H3. The second-order valence-corrected chi connectivity index (χ2v) is 7.25. The van der Waals surface area contributed by atoms with Crippen LogP contribution in [-0.2, 0) is 10.0 Å². The average molecular weight is 314 g/mol. The van der Waals surface area contributed by atoms with Crippen LogP contribution in [0.25, 0.3) is 0 Å². The van der Waals surface area contributed by atoms with Crippen molar-refractivity contribution >= 4 is 21.6 Å². The van der Waals surface area contributed by atoms with Crippen molar-refractivity contribution in [3.8, 4) is 6.07 Å². The fraction of sp³-hybridized carbons (Fsp3) is 0.462. The topological polar surface area (TPSA) is 87.2 Å². The summed E-state index contributed by atoms with van der Waals surface area (Å²) in [5, 5.41) is 8.84. The zero-order chi connectivity index (χ0) is 14.9. The summed E-state index contributed by atoms with van der Waals surface area (Å²) in [6.07, 6.45) is 1.15. The lowest BCUT2D eigenvalue weighted by atomic mass is 9.99. The lowest BCUT2D eigenvalue weighted by molar-refractivity contribution is 0.192. The van der Waals surface area contributed by atoms with Crippen LogP contribution < -0.4 is 5.73 Å². The molecule has 0 spiro atoms. The molecule has 1 saturated heterocycles. The molecule has 1 aliphatic rings. The van der Waals surface area contributed by atoms with Crippen molar-refractivity contribution in [1.29, 1.82) is 5.26 Å². The van der Waals surface area contributed by atoms with Crippen LogP contribution in [0.1, 0.15) is 25.3 Å². The molecule has 0 amide bonds. The number of sulfonamides is 1. The molecule has 0 aliphatic carbocycles. The van der Waals surface area contributed by atoms with Gasteiger partial charge in [0.2, 0.25) is 10.0 Å². The molecule has 2 rings (SSSR count). The van der Waals surface area contributed by atoms with E-state index in [2.05, 4.69) is 0 Å². The summed E-state index contributed by atoms with van der Waals surface area (Å²) in [5.74, 6) is 0.107. The van der Waals surface area contributed by atoms with E-state index in [9.17, 15) is 8.42 Å². The maximum absolute atomic E-state index is 12.6. The van der Waals surface area contributed by atoms with Crippen LogP contribution in [-0.4, -0.2) is 25.4 Å². The van der Waals surface area contributed by atoms with Gasteiger partial charge in [-0.15, -0.1) is 0 Å². The minimum absolute atomic E-state index is 0.00252. The first-order valence-electron chi connectivity index (χ1n) is 6.35. The smallest absolute Gasteiger partial charge is 0.245 e. The summed E-state index contributed by atoms with van der Waals surface area (Å²) in [6, 6.07) is 6.08. The molecular formula is C13H16ClN3O2S. The summed E-state index contributed by atoms with van der Waals surface area (Å²) in [7, 11) is -3.73. The molecule has 2 unspecified atom stereocenters. The molecule has 1 aromatic rings. The highest BCUT2D eigenvalue weighted by Gasteiger charge is 2.36. The molecule has 2 N–H and O–H groups in total. The molecule has 1 aromatic carbocycles. The van der Waals surface area contributed by atoms with Crippen molar-refractivity contribution in [3.05, 3.63) is 28.8 Å². The quantitative estimate of drug-likeness (QED) is 0.903. The molecule has 108 valence electrons. The lowest BCUT2D eigenvalue weighted by Gasteiger charge is -2.36. The molecule has 0 bridgehead atoms. The van der Waals surface area contributed by atoms with Gasteiger partial charge in [0, 0.05) is 6.54 Å². The molecule has 1 heterocycles. The summed E-state index contributed by atoms with van der Waals surface area (Å²) in [4.78, 5) is 0.00252. The van der Waals surface area contributed by atoms with Crippen LogP contribution in [0.2, 0.25) is 5.02 Å². The monoisotopic (exact) mass is 313 g/mol. The molecule has 1 fully saturated rings. The van der Waals surface area contributed by atoms with Crippen LogP contribution in [0.4, 0.5) is 0 Å². The van der Waals surface area contributed by atoms with Crippen molar-refractivity contribution < 1.29 is 8.42 Å². The van der Waals surface area contributed by atoms with Crippen molar-refractivity contribution in [2.24, 2.45) is 11.7 Å². The number of hydrogen-bond acceptors (Lipinski definition) is 4.